The molecule has 1 saturated heterocycles. The molecule has 0 aromatic heterocycles. The van der Waals surface area contributed by atoms with Crippen LogP contribution in [0.1, 0.15) is 76.7 Å². The van der Waals surface area contributed by atoms with Crippen molar-refractivity contribution in [3.63, 3.8) is 0 Å². The van der Waals surface area contributed by atoms with Gasteiger partial charge in [0.2, 0.25) is 5.91 Å². The maximum Gasteiger partial charge on any atom is 1.00 e. The summed E-state index contributed by atoms with van der Waals surface area (Å²) in [6.45, 7) is 5.22. The molecule has 5 heteroatoms. The van der Waals surface area contributed by atoms with Crippen molar-refractivity contribution in [2.24, 2.45) is 5.92 Å². The molecule has 1 saturated carbocycles. The van der Waals surface area contributed by atoms with Crippen molar-refractivity contribution in [1.29, 1.82) is 0 Å². The zero-order chi connectivity index (χ0) is 19.8. The van der Waals surface area contributed by atoms with Crippen LogP contribution in [0.2, 0.25) is 0 Å². The van der Waals surface area contributed by atoms with Gasteiger partial charge in [-0.2, -0.15) is 0 Å². The van der Waals surface area contributed by atoms with E-state index in [4.69, 9.17) is 0 Å². The van der Waals surface area contributed by atoms with Crippen LogP contribution in [0.5, 0.6) is 5.75 Å². The molecule has 1 aliphatic heterocycles. The first kappa shape index (κ1) is 24.7. The molecule has 1 amide bonds. The van der Waals surface area contributed by atoms with E-state index in [1.165, 1.54) is 63.4 Å². The van der Waals surface area contributed by atoms with Crippen LogP contribution < -0.4 is 34.7 Å². The Balaban J connectivity index is 0.00000300. The van der Waals surface area contributed by atoms with E-state index in [1.807, 2.05) is 17.0 Å². The molecule has 1 heterocycles. The van der Waals surface area contributed by atoms with E-state index in [-0.39, 0.29) is 41.2 Å². The SMILES string of the molecule is CC(=O)N1CCCCCCCCC2CC[C@@H](C2)N(Cc2ccc([O-])cc2)CC1.[Na+]. The Hall–Kier alpha value is -0.550. The molecule has 1 aliphatic carbocycles. The zero-order valence-electron chi connectivity index (χ0n) is 18.6. The molecule has 1 unspecified atom stereocenters. The number of fused-ring (bicyclic) bond motifs is 2. The molecule has 2 aliphatic rings. The third-order valence-electron chi connectivity index (χ3n) is 6.73. The fraction of sp³-hybridized carbons (Fsp3) is 0.708. The molecule has 2 fully saturated rings. The fourth-order valence-corrected chi connectivity index (χ4v) is 4.98. The van der Waals surface area contributed by atoms with Gasteiger partial charge in [-0.15, -0.1) is 5.75 Å². The van der Waals surface area contributed by atoms with Gasteiger partial charge in [-0.3, -0.25) is 9.69 Å². The number of rotatable bonds is 2. The molecule has 4 nitrogen and oxygen atoms in total. The van der Waals surface area contributed by atoms with Crippen LogP contribution in [0.3, 0.4) is 0 Å². The van der Waals surface area contributed by atoms with Crippen molar-refractivity contribution in [1.82, 2.24) is 9.80 Å². The summed E-state index contributed by atoms with van der Waals surface area (Å²) in [5, 5.41) is 11.4. The Morgan fingerprint density at radius 3 is 2.34 bits per heavy atom. The predicted octanol–water partition coefficient (Wildman–Crippen LogP) is 1.33. The van der Waals surface area contributed by atoms with E-state index >= 15 is 0 Å². The van der Waals surface area contributed by atoms with E-state index in [9.17, 15) is 9.90 Å². The largest absolute Gasteiger partial charge is 1.00 e. The van der Waals surface area contributed by atoms with Gasteiger partial charge in [0.1, 0.15) is 0 Å². The second-order valence-corrected chi connectivity index (χ2v) is 8.86. The molecule has 29 heavy (non-hydrogen) atoms. The fourth-order valence-electron chi connectivity index (χ4n) is 4.98. The summed E-state index contributed by atoms with van der Waals surface area (Å²) >= 11 is 0. The number of hydrogen-bond donors (Lipinski definition) is 0. The van der Waals surface area contributed by atoms with Crippen LogP contribution in [0.25, 0.3) is 0 Å². The molecular formula is C24H37N2NaO2. The number of carbonyl (C=O) groups excluding carboxylic acids is 1. The molecule has 1 aromatic carbocycles. The van der Waals surface area contributed by atoms with Gasteiger partial charge in [0, 0.05) is 39.1 Å². The van der Waals surface area contributed by atoms with Crippen LogP contribution >= 0.6 is 0 Å². The summed E-state index contributed by atoms with van der Waals surface area (Å²) in [4.78, 5) is 16.7. The summed E-state index contributed by atoms with van der Waals surface area (Å²) in [7, 11) is 0. The maximum absolute atomic E-state index is 12.1. The van der Waals surface area contributed by atoms with Crippen molar-refractivity contribution >= 4 is 5.91 Å². The van der Waals surface area contributed by atoms with E-state index in [1.54, 1.807) is 19.1 Å². The van der Waals surface area contributed by atoms with Crippen molar-refractivity contribution in [3.05, 3.63) is 29.8 Å². The van der Waals surface area contributed by atoms with E-state index in [2.05, 4.69) is 4.90 Å². The smallest absolute Gasteiger partial charge is 0.872 e. The van der Waals surface area contributed by atoms with Crippen LogP contribution in [0.15, 0.2) is 24.3 Å². The van der Waals surface area contributed by atoms with Crippen molar-refractivity contribution < 1.29 is 39.5 Å². The number of nitrogens with zero attached hydrogens (tertiary/aromatic N) is 2. The van der Waals surface area contributed by atoms with Gasteiger partial charge in [-0.1, -0.05) is 62.8 Å². The Labute approximate surface area is 199 Å². The standard InChI is InChI=1S/C24H38N2O2.Na/c1-20(27)25-15-7-5-3-2-4-6-8-21-9-12-23(18-21)26(17-16-25)19-22-10-13-24(28)14-11-22;/h10-11,13-14,21,23,28H,2-9,12,15-19H2,1H3;/q;+1/p-1/t21?,23-;/m0./s1. The first-order valence-corrected chi connectivity index (χ1v) is 11.4. The summed E-state index contributed by atoms with van der Waals surface area (Å²) < 4.78 is 0. The second-order valence-electron chi connectivity index (χ2n) is 8.86. The normalized spacial score (nSPS) is 24.9. The Morgan fingerprint density at radius 2 is 1.62 bits per heavy atom. The zero-order valence-corrected chi connectivity index (χ0v) is 20.6. The topological polar surface area (TPSA) is 46.6 Å². The molecule has 2 bridgehead atoms. The second kappa shape index (κ2) is 13.0. The average molecular weight is 409 g/mol. The molecule has 0 spiro atoms. The quantitative estimate of drug-likeness (QED) is 0.694. The van der Waals surface area contributed by atoms with Crippen LogP contribution in [-0.2, 0) is 11.3 Å². The van der Waals surface area contributed by atoms with E-state index in [0.717, 1.165) is 38.5 Å². The van der Waals surface area contributed by atoms with Gasteiger partial charge in [0.05, 0.1) is 0 Å². The Kier molecular flexibility index (Phi) is 11.1. The van der Waals surface area contributed by atoms with Gasteiger partial charge in [-0.25, -0.2) is 0 Å². The van der Waals surface area contributed by atoms with Gasteiger partial charge >= 0.3 is 29.6 Å². The summed E-state index contributed by atoms with van der Waals surface area (Å²) in [6.07, 6.45) is 13.0. The van der Waals surface area contributed by atoms with Gasteiger partial charge in [0.25, 0.3) is 0 Å². The summed E-state index contributed by atoms with van der Waals surface area (Å²) in [5.74, 6) is 1.14. The van der Waals surface area contributed by atoms with Crippen LogP contribution in [-0.4, -0.2) is 41.4 Å². The number of hydrogen-bond acceptors (Lipinski definition) is 3. The number of benzene rings is 1. The van der Waals surface area contributed by atoms with E-state index < -0.39 is 0 Å². The van der Waals surface area contributed by atoms with Crippen molar-refractivity contribution in [2.75, 3.05) is 19.6 Å². The van der Waals surface area contributed by atoms with Gasteiger partial charge in [0.15, 0.2) is 0 Å². The monoisotopic (exact) mass is 408 g/mol. The minimum Gasteiger partial charge on any atom is -0.872 e. The molecule has 3 rings (SSSR count). The molecule has 0 N–H and O–H groups in total. The summed E-state index contributed by atoms with van der Waals surface area (Å²) in [5.41, 5.74) is 1.20. The minimum atomic E-state index is 0. The number of carbonyl (C=O) groups is 1. The summed E-state index contributed by atoms with van der Waals surface area (Å²) in [6, 6.07) is 7.88. The number of amides is 1. The maximum atomic E-state index is 12.1. The van der Waals surface area contributed by atoms with Crippen LogP contribution in [0.4, 0.5) is 0 Å². The van der Waals surface area contributed by atoms with Crippen molar-refractivity contribution in [2.45, 2.75) is 83.7 Å². The van der Waals surface area contributed by atoms with Crippen LogP contribution in [0, 0.1) is 5.92 Å². The Morgan fingerprint density at radius 1 is 0.931 bits per heavy atom. The average Bonchev–Trinajstić information content (AvgIpc) is 3.14. The molecule has 0 radical (unpaired) electrons. The Bertz CT molecular complexity index is 607. The van der Waals surface area contributed by atoms with Gasteiger partial charge < -0.3 is 10.0 Å². The minimum absolute atomic E-state index is 0. The first-order chi connectivity index (χ1) is 13.6. The molecular weight excluding hydrogens is 371 g/mol. The van der Waals surface area contributed by atoms with E-state index in [0.29, 0.717) is 6.04 Å². The molecule has 156 valence electrons. The van der Waals surface area contributed by atoms with Crippen molar-refractivity contribution in [3.8, 4) is 5.75 Å². The third kappa shape index (κ3) is 8.24. The molecule has 2 atom stereocenters. The van der Waals surface area contributed by atoms with Gasteiger partial charge in [-0.05, 0) is 37.2 Å². The first-order valence-electron chi connectivity index (χ1n) is 11.4. The predicted molar refractivity (Wildman–Crippen MR) is 112 cm³/mol. The molecule has 1 aromatic rings. The third-order valence-corrected chi connectivity index (χ3v) is 6.73.